The third-order valence-electron chi connectivity index (χ3n) is 4.77. The highest BCUT2D eigenvalue weighted by Crippen LogP contribution is 2.33. The van der Waals surface area contributed by atoms with E-state index in [4.69, 9.17) is 10.00 Å². The van der Waals surface area contributed by atoms with Crippen LogP contribution < -0.4 is 4.74 Å². The lowest BCUT2D eigenvalue weighted by Crippen LogP contribution is -2.49. The number of aromatic nitrogens is 1. The third kappa shape index (κ3) is 3.45. The second-order valence-corrected chi connectivity index (χ2v) is 6.15. The van der Waals surface area contributed by atoms with Gasteiger partial charge in [0.2, 0.25) is 0 Å². The lowest BCUT2D eigenvalue weighted by atomic mass is 10.0. The van der Waals surface area contributed by atoms with E-state index in [1.165, 1.54) is 0 Å². The third-order valence-corrected chi connectivity index (χ3v) is 4.77. The van der Waals surface area contributed by atoms with E-state index in [-0.39, 0.29) is 0 Å². The highest BCUT2D eigenvalue weighted by Gasteiger charge is 2.32. The van der Waals surface area contributed by atoms with Crippen LogP contribution in [0.2, 0.25) is 0 Å². The molecule has 1 unspecified atom stereocenters. The van der Waals surface area contributed by atoms with Crippen molar-refractivity contribution >= 4 is 16.9 Å². The molecule has 3 rings (SSSR count). The van der Waals surface area contributed by atoms with Crippen LogP contribution >= 0.6 is 0 Å². The van der Waals surface area contributed by atoms with Crippen LogP contribution in [0.3, 0.4) is 0 Å². The number of ether oxygens (including phenoxy) is 1. The Bertz CT molecular complexity index is 787. The molecule has 0 radical (unpaired) electrons. The van der Waals surface area contributed by atoms with Crippen LogP contribution in [-0.2, 0) is 4.79 Å². The van der Waals surface area contributed by atoms with Gasteiger partial charge in [-0.25, -0.2) is 0 Å². The van der Waals surface area contributed by atoms with Gasteiger partial charge in [0, 0.05) is 56.3 Å². The van der Waals surface area contributed by atoms with Gasteiger partial charge < -0.3 is 14.8 Å². The molecule has 0 aliphatic carbocycles. The molecular weight excluding hydrogens is 320 g/mol. The van der Waals surface area contributed by atoms with E-state index in [0.717, 1.165) is 36.1 Å². The van der Waals surface area contributed by atoms with E-state index in [9.17, 15) is 9.90 Å². The lowest BCUT2D eigenvalue weighted by molar-refractivity contribution is -0.144. The fraction of sp³-hybridized carbons (Fsp3) is 0.444. The summed E-state index contributed by atoms with van der Waals surface area (Å²) in [5.74, 6) is -0.150. The van der Waals surface area contributed by atoms with Gasteiger partial charge in [-0.15, -0.1) is 0 Å². The molecule has 1 aliphatic rings. The number of hydrogen-bond acceptors (Lipinski definition) is 5. The van der Waals surface area contributed by atoms with Gasteiger partial charge in [-0.1, -0.05) is 12.1 Å². The summed E-state index contributed by atoms with van der Waals surface area (Å²) in [6.07, 6.45) is 2.28. The first kappa shape index (κ1) is 17.3. The maximum Gasteiger partial charge on any atom is 0.325 e. The standard InChI is InChI=1S/C18H22N4O3/c1-25-15-5-2-4-13-14(12-20-16(13)15)17(18(23)24)22-10-8-21(9-11-22)7-3-6-19/h2,4-5,12,17,20H,3,7-11H2,1H3,(H,23,24). The van der Waals surface area contributed by atoms with Crippen molar-refractivity contribution in [2.24, 2.45) is 0 Å². The monoisotopic (exact) mass is 342 g/mol. The first-order valence-electron chi connectivity index (χ1n) is 8.36. The topological polar surface area (TPSA) is 92.6 Å². The van der Waals surface area contributed by atoms with Gasteiger partial charge in [-0.3, -0.25) is 14.6 Å². The SMILES string of the molecule is COc1cccc2c(C(C(=O)O)N3CCN(CCC#N)CC3)c[nH]c12. The molecule has 1 atom stereocenters. The van der Waals surface area contributed by atoms with Crippen LogP contribution in [0.1, 0.15) is 18.0 Å². The number of rotatable bonds is 6. The smallest absolute Gasteiger partial charge is 0.325 e. The number of aromatic amines is 1. The van der Waals surface area contributed by atoms with E-state index in [1.807, 2.05) is 23.1 Å². The summed E-state index contributed by atoms with van der Waals surface area (Å²) in [5.41, 5.74) is 1.57. The minimum absolute atomic E-state index is 0.505. The molecule has 2 aromatic rings. The van der Waals surface area contributed by atoms with Crippen molar-refractivity contribution in [1.82, 2.24) is 14.8 Å². The maximum atomic E-state index is 12.0. The highest BCUT2D eigenvalue weighted by molar-refractivity contribution is 5.92. The van der Waals surface area contributed by atoms with Crippen LogP contribution in [0.4, 0.5) is 0 Å². The molecule has 132 valence electrons. The normalized spacial score (nSPS) is 17.3. The number of nitrogens with one attached hydrogen (secondary N) is 1. The second kappa shape index (κ2) is 7.55. The Morgan fingerprint density at radius 3 is 2.80 bits per heavy atom. The minimum atomic E-state index is -0.853. The number of nitriles is 1. The molecule has 1 aromatic heterocycles. The van der Waals surface area contributed by atoms with Crippen LogP contribution in [0.25, 0.3) is 10.9 Å². The molecule has 0 saturated carbocycles. The molecule has 0 bridgehead atoms. The molecule has 2 N–H and O–H groups in total. The molecule has 1 saturated heterocycles. The number of methoxy groups -OCH3 is 1. The van der Waals surface area contributed by atoms with E-state index >= 15 is 0 Å². The number of benzene rings is 1. The zero-order valence-electron chi connectivity index (χ0n) is 14.2. The summed E-state index contributed by atoms with van der Waals surface area (Å²) in [4.78, 5) is 19.4. The number of H-pyrrole nitrogens is 1. The van der Waals surface area contributed by atoms with Gasteiger partial charge in [0.1, 0.15) is 11.8 Å². The predicted molar refractivity (Wildman–Crippen MR) is 93.5 cm³/mol. The average Bonchev–Trinajstić information content (AvgIpc) is 3.05. The Morgan fingerprint density at radius 1 is 1.40 bits per heavy atom. The minimum Gasteiger partial charge on any atom is -0.495 e. The van der Waals surface area contributed by atoms with Crippen LogP contribution in [-0.4, -0.2) is 65.7 Å². The summed E-state index contributed by atoms with van der Waals surface area (Å²) in [6.45, 7) is 3.62. The summed E-state index contributed by atoms with van der Waals surface area (Å²) < 4.78 is 5.35. The van der Waals surface area contributed by atoms with Crippen molar-refractivity contribution in [3.05, 3.63) is 30.0 Å². The van der Waals surface area contributed by atoms with Crippen LogP contribution in [0, 0.1) is 11.3 Å². The van der Waals surface area contributed by atoms with E-state index in [2.05, 4.69) is 16.0 Å². The highest BCUT2D eigenvalue weighted by atomic mass is 16.5. The summed E-state index contributed by atoms with van der Waals surface area (Å²) >= 11 is 0. The second-order valence-electron chi connectivity index (χ2n) is 6.15. The van der Waals surface area contributed by atoms with Crippen LogP contribution in [0.5, 0.6) is 5.75 Å². The zero-order chi connectivity index (χ0) is 17.8. The molecule has 1 aromatic carbocycles. The number of fused-ring (bicyclic) bond motifs is 1. The number of carboxylic acids is 1. The Kier molecular flexibility index (Phi) is 5.22. The number of aliphatic carboxylic acids is 1. The molecule has 0 amide bonds. The van der Waals surface area contributed by atoms with Gasteiger partial charge in [-0.05, 0) is 6.07 Å². The van der Waals surface area contributed by atoms with E-state index < -0.39 is 12.0 Å². The fourth-order valence-electron chi connectivity index (χ4n) is 3.48. The number of piperazine rings is 1. The number of carbonyl (C=O) groups is 1. The van der Waals surface area contributed by atoms with Crippen molar-refractivity contribution in [2.45, 2.75) is 12.5 Å². The lowest BCUT2D eigenvalue weighted by Gasteiger charge is -2.37. The molecule has 1 fully saturated rings. The first-order valence-corrected chi connectivity index (χ1v) is 8.36. The Balaban J connectivity index is 1.84. The Morgan fingerprint density at radius 2 is 2.16 bits per heavy atom. The molecule has 1 aliphatic heterocycles. The number of hydrogen-bond donors (Lipinski definition) is 2. The predicted octanol–water partition coefficient (Wildman–Crippen LogP) is 1.83. The largest absolute Gasteiger partial charge is 0.495 e. The van der Waals surface area contributed by atoms with Gasteiger partial charge in [0.15, 0.2) is 0 Å². The summed E-state index contributed by atoms with van der Waals surface area (Å²) in [6, 6.07) is 7.10. The number of para-hydroxylation sites is 1. The Labute approximate surface area is 146 Å². The molecule has 7 heteroatoms. The molecule has 7 nitrogen and oxygen atoms in total. The number of carboxylic acid groups (broad SMARTS) is 1. The van der Waals surface area contributed by atoms with Gasteiger partial charge >= 0.3 is 5.97 Å². The van der Waals surface area contributed by atoms with Crippen molar-refractivity contribution < 1.29 is 14.6 Å². The number of nitrogens with zero attached hydrogens (tertiary/aromatic N) is 3. The summed E-state index contributed by atoms with van der Waals surface area (Å²) in [7, 11) is 1.60. The van der Waals surface area contributed by atoms with Crippen molar-refractivity contribution in [3.8, 4) is 11.8 Å². The van der Waals surface area contributed by atoms with Crippen molar-refractivity contribution in [2.75, 3.05) is 39.8 Å². The van der Waals surface area contributed by atoms with E-state index in [1.54, 1.807) is 13.3 Å². The van der Waals surface area contributed by atoms with Crippen LogP contribution in [0.15, 0.2) is 24.4 Å². The molecule has 0 spiro atoms. The van der Waals surface area contributed by atoms with Gasteiger partial charge in [-0.2, -0.15) is 5.26 Å². The van der Waals surface area contributed by atoms with Gasteiger partial charge in [0.05, 0.1) is 18.7 Å². The molecule has 25 heavy (non-hydrogen) atoms. The molecule has 2 heterocycles. The maximum absolute atomic E-state index is 12.0. The van der Waals surface area contributed by atoms with E-state index in [0.29, 0.717) is 25.3 Å². The fourth-order valence-corrected chi connectivity index (χ4v) is 3.48. The van der Waals surface area contributed by atoms with Crippen molar-refractivity contribution in [1.29, 1.82) is 5.26 Å². The van der Waals surface area contributed by atoms with Gasteiger partial charge in [0.25, 0.3) is 0 Å². The molecular formula is C18H22N4O3. The first-order chi connectivity index (χ1) is 12.2. The van der Waals surface area contributed by atoms with Crippen molar-refractivity contribution in [3.63, 3.8) is 0 Å². The summed E-state index contributed by atoms with van der Waals surface area (Å²) in [5, 5.41) is 19.4. The zero-order valence-corrected chi connectivity index (χ0v) is 14.2. The Hall–Kier alpha value is -2.56. The quantitative estimate of drug-likeness (QED) is 0.832. The average molecular weight is 342 g/mol.